The highest BCUT2D eigenvalue weighted by Gasteiger charge is 2.22. The Hall–Kier alpha value is -0.830. The fourth-order valence-electron chi connectivity index (χ4n) is 0.862. The summed E-state index contributed by atoms with van der Waals surface area (Å²) in [4.78, 5) is 9.11. The number of hydrogen-bond donors (Lipinski definition) is 0. The fourth-order valence-corrected chi connectivity index (χ4v) is 1.21. The Morgan fingerprint density at radius 1 is 1.50 bits per heavy atom. The summed E-state index contributed by atoms with van der Waals surface area (Å²) in [6.45, 7) is 0. The second-order valence-corrected chi connectivity index (χ2v) is 2.92. The zero-order chi connectivity index (χ0) is 6.97. The van der Waals surface area contributed by atoms with Gasteiger partial charge in [-0.05, 0) is 0 Å². The first-order valence-corrected chi connectivity index (χ1v) is 3.68. The van der Waals surface area contributed by atoms with Gasteiger partial charge >= 0.3 is 0 Å². The monoisotopic (exact) mass is 195 g/mol. The van der Waals surface area contributed by atoms with Gasteiger partial charge in [0.2, 0.25) is 5.71 Å². The van der Waals surface area contributed by atoms with Gasteiger partial charge < -0.3 is 0 Å². The van der Waals surface area contributed by atoms with Crippen LogP contribution in [0.2, 0.25) is 0 Å². The molecule has 0 fully saturated rings. The van der Waals surface area contributed by atoms with E-state index in [2.05, 4.69) is 25.9 Å². The quantitative estimate of drug-likeness (QED) is 0.528. The number of rotatable bonds is 0. The van der Waals surface area contributed by atoms with Crippen molar-refractivity contribution in [1.29, 1.82) is 0 Å². The Bertz CT molecular complexity index is 273. The molecule has 1 heterocycles. The van der Waals surface area contributed by atoms with Crippen LogP contribution >= 0.6 is 15.9 Å². The first kappa shape index (κ1) is 5.92. The molecular formula is C7H4BrN2+. The van der Waals surface area contributed by atoms with Gasteiger partial charge in [-0.2, -0.15) is 4.99 Å². The molecule has 0 saturated heterocycles. The molecule has 0 saturated carbocycles. The van der Waals surface area contributed by atoms with E-state index in [1.807, 2.05) is 18.2 Å². The van der Waals surface area contributed by atoms with Gasteiger partial charge in [0.1, 0.15) is 11.2 Å². The van der Waals surface area contributed by atoms with E-state index in [1.165, 1.54) is 0 Å². The average Bonchev–Trinajstić information content (AvgIpc) is 2.33. The molecule has 0 N–H and O–H groups in total. The maximum atomic E-state index is 4.04. The van der Waals surface area contributed by atoms with Crippen molar-refractivity contribution in [3.05, 3.63) is 28.8 Å². The van der Waals surface area contributed by atoms with Crippen molar-refractivity contribution in [3.63, 3.8) is 0 Å². The van der Waals surface area contributed by atoms with E-state index in [9.17, 15) is 0 Å². The molecule has 0 aromatic rings. The van der Waals surface area contributed by atoms with Crippen LogP contribution in [-0.2, 0) is 0 Å². The largest absolute Gasteiger partial charge is 0.206 e. The summed E-state index contributed by atoms with van der Waals surface area (Å²) in [5.41, 5.74) is 1.89. The van der Waals surface area contributed by atoms with E-state index in [-0.39, 0.29) is 0 Å². The van der Waals surface area contributed by atoms with E-state index < -0.39 is 0 Å². The number of allylic oxidation sites excluding steroid dienone is 3. The standard InChI is InChI=1S/C7H4BrN2/c8-5-1-2-6-7(3-5)10-4-9-6/h1-4H/q+1. The highest BCUT2D eigenvalue weighted by molar-refractivity contribution is 9.11. The molecule has 1 aliphatic heterocycles. The van der Waals surface area contributed by atoms with Gasteiger partial charge in [0, 0.05) is 15.9 Å². The molecule has 1 aliphatic carbocycles. The molecule has 2 nitrogen and oxygen atoms in total. The third-order valence-corrected chi connectivity index (χ3v) is 1.82. The normalized spacial score (nSPS) is 20.7. The minimum Gasteiger partial charge on any atom is -0.206 e. The van der Waals surface area contributed by atoms with E-state index >= 15 is 0 Å². The van der Waals surface area contributed by atoms with Crippen LogP contribution in [0.5, 0.6) is 0 Å². The van der Waals surface area contributed by atoms with Crippen LogP contribution in [0.4, 0.5) is 0 Å². The molecular weight excluding hydrogens is 192 g/mol. The van der Waals surface area contributed by atoms with Crippen LogP contribution in [0, 0.1) is 4.83 Å². The molecule has 0 bridgehead atoms. The summed E-state index contributed by atoms with van der Waals surface area (Å²) in [6, 6.07) is 0. The molecule has 0 radical (unpaired) electrons. The Morgan fingerprint density at radius 3 is 3.30 bits per heavy atom. The molecule has 10 heavy (non-hydrogen) atoms. The molecule has 3 heteroatoms. The Balaban J connectivity index is 2.41. The van der Waals surface area contributed by atoms with Gasteiger partial charge in [-0.15, -0.1) is 0 Å². The maximum Gasteiger partial charge on any atom is 0.201 e. The number of hydrogen-bond acceptors (Lipinski definition) is 2. The third kappa shape index (κ3) is 0.827. The van der Waals surface area contributed by atoms with Gasteiger partial charge in [0.15, 0.2) is 5.70 Å². The summed E-state index contributed by atoms with van der Waals surface area (Å²) in [7, 11) is 0. The van der Waals surface area contributed by atoms with E-state index in [1.54, 1.807) is 6.34 Å². The summed E-state index contributed by atoms with van der Waals surface area (Å²) >= 11 is 3.35. The summed E-state index contributed by atoms with van der Waals surface area (Å²) in [6.07, 6.45) is 7.41. The van der Waals surface area contributed by atoms with Crippen molar-refractivity contribution in [2.45, 2.75) is 0 Å². The highest BCUT2D eigenvalue weighted by atomic mass is 79.9. The fraction of sp³-hybridized carbons (Fsp3) is 0. The van der Waals surface area contributed by atoms with E-state index in [4.69, 9.17) is 0 Å². The molecule has 2 rings (SSSR count). The molecule has 0 amide bonds. The van der Waals surface area contributed by atoms with Gasteiger partial charge in [0.05, 0.1) is 18.2 Å². The molecule has 0 unspecified atom stereocenters. The van der Waals surface area contributed by atoms with E-state index in [0.29, 0.717) is 0 Å². The van der Waals surface area contributed by atoms with Crippen LogP contribution in [0.25, 0.3) is 0 Å². The minimum absolute atomic E-state index is 0.939. The van der Waals surface area contributed by atoms with Crippen molar-refractivity contribution in [1.82, 2.24) is 0 Å². The molecule has 2 aliphatic rings. The first-order chi connectivity index (χ1) is 4.86. The number of halogens is 1. The lowest BCUT2D eigenvalue weighted by Crippen LogP contribution is -1.98. The summed E-state index contributed by atoms with van der Waals surface area (Å²) in [5.74, 6) is 0. The smallest absolute Gasteiger partial charge is 0.201 e. The number of aliphatic imine (C=N–C) groups is 2. The SMILES string of the molecule is Br[C+]1C=CC2=NC=NC2=C1. The zero-order valence-electron chi connectivity index (χ0n) is 5.08. The maximum absolute atomic E-state index is 4.04. The van der Waals surface area contributed by atoms with Crippen LogP contribution in [0.3, 0.4) is 0 Å². The zero-order valence-corrected chi connectivity index (χ0v) is 6.67. The average molecular weight is 196 g/mol. The summed E-state index contributed by atoms with van der Waals surface area (Å²) in [5, 5.41) is 0. The minimum atomic E-state index is 0.939. The molecule has 0 aromatic heterocycles. The van der Waals surface area contributed by atoms with Crippen molar-refractivity contribution < 1.29 is 0 Å². The highest BCUT2D eigenvalue weighted by Crippen LogP contribution is 2.23. The van der Waals surface area contributed by atoms with Crippen molar-refractivity contribution >= 4 is 28.0 Å². The number of fused-ring (bicyclic) bond motifs is 1. The van der Waals surface area contributed by atoms with Gasteiger partial charge in [-0.1, -0.05) is 0 Å². The van der Waals surface area contributed by atoms with Gasteiger partial charge in [-0.3, -0.25) is 0 Å². The molecule has 0 spiro atoms. The lowest BCUT2D eigenvalue weighted by Gasteiger charge is -1.94. The first-order valence-electron chi connectivity index (χ1n) is 2.89. The van der Waals surface area contributed by atoms with Crippen molar-refractivity contribution in [2.75, 3.05) is 0 Å². The second-order valence-electron chi connectivity index (χ2n) is 2.01. The van der Waals surface area contributed by atoms with Crippen molar-refractivity contribution in [3.8, 4) is 0 Å². The van der Waals surface area contributed by atoms with Crippen molar-refractivity contribution in [2.24, 2.45) is 9.98 Å². The molecule has 0 aromatic carbocycles. The van der Waals surface area contributed by atoms with Crippen LogP contribution in [0.1, 0.15) is 0 Å². The Morgan fingerprint density at radius 2 is 2.40 bits per heavy atom. The third-order valence-electron chi connectivity index (χ3n) is 1.33. The molecule has 48 valence electrons. The predicted molar refractivity (Wildman–Crippen MR) is 45.3 cm³/mol. The van der Waals surface area contributed by atoms with Crippen LogP contribution < -0.4 is 0 Å². The van der Waals surface area contributed by atoms with Gasteiger partial charge in [0.25, 0.3) is 0 Å². The van der Waals surface area contributed by atoms with Crippen LogP contribution in [-0.4, -0.2) is 12.1 Å². The Kier molecular flexibility index (Phi) is 1.24. The Labute approximate surface area is 67.2 Å². The lowest BCUT2D eigenvalue weighted by molar-refractivity contribution is 1.46. The predicted octanol–water partition coefficient (Wildman–Crippen LogP) is 1.85. The van der Waals surface area contributed by atoms with Gasteiger partial charge in [-0.25, -0.2) is 4.99 Å². The second kappa shape index (κ2) is 2.09. The number of nitrogens with zero attached hydrogens (tertiary/aromatic N) is 2. The molecule has 0 atom stereocenters. The topological polar surface area (TPSA) is 24.7 Å². The lowest BCUT2D eigenvalue weighted by atomic mass is 10.1. The summed E-state index contributed by atoms with van der Waals surface area (Å²) < 4.78 is 0. The van der Waals surface area contributed by atoms with Crippen LogP contribution in [0.15, 0.2) is 33.9 Å². The van der Waals surface area contributed by atoms with E-state index in [0.717, 1.165) is 16.2 Å².